The van der Waals surface area contributed by atoms with E-state index in [0.29, 0.717) is 15.7 Å². The lowest BCUT2D eigenvalue weighted by atomic mass is 10.2. The maximum absolute atomic E-state index is 12.5. The second-order valence-corrected chi connectivity index (χ2v) is 13.2. The summed E-state index contributed by atoms with van der Waals surface area (Å²) in [6.45, 7) is 7.34. The van der Waals surface area contributed by atoms with E-state index in [2.05, 4.69) is 24.6 Å². The van der Waals surface area contributed by atoms with Crippen LogP contribution in [0.25, 0.3) is 10.9 Å². The van der Waals surface area contributed by atoms with Crippen molar-refractivity contribution in [3.8, 4) is 0 Å². The maximum atomic E-state index is 12.5. The fraction of sp³-hybridized carbons (Fsp3) is 0.429. The van der Waals surface area contributed by atoms with Crippen molar-refractivity contribution in [1.29, 1.82) is 0 Å². The number of hydrogen-bond acceptors (Lipinski definition) is 5. The lowest BCUT2D eigenvalue weighted by Gasteiger charge is -2.15. The molecule has 0 spiro atoms. The number of nitro groups is 1. The molecular formula is C14H18IN3O4Si. The van der Waals surface area contributed by atoms with Crippen LogP contribution in [0.3, 0.4) is 0 Å². The van der Waals surface area contributed by atoms with Crippen LogP contribution in [0.2, 0.25) is 25.7 Å². The first-order chi connectivity index (χ1) is 10.7. The number of ether oxygens (including phenoxy) is 1. The molecule has 1 aromatic carbocycles. The summed E-state index contributed by atoms with van der Waals surface area (Å²) in [4.78, 5) is 27.4. The topological polar surface area (TPSA) is 87.3 Å². The van der Waals surface area contributed by atoms with Crippen LogP contribution < -0.4 is 5.56 Å². The van der Waals surface area contributed by atoms with Gasteiger partial charge < -0.3 is 4.74 Å². The minimum absolute atomic E-state index is 0.0261. The molecule has 2 aromatic rings. The van der Waals surface area contributed by atoms with Crippen molar-refractivity contribution < 1.29 is 9.66 Å². The molecule has 0 fully saturated rings. The third kappa shape index (κ3) is 4.35. The number of aromatic nitrogens is 2. The molecule has 0 aliphatic carbocycles. The third-order valence-corrected chi connectivity index (χ3v) is 5.90. The molecule has 0 amide bonds. The van der Waals surface area contributed by atoms with Gasteiger partial charge in [-0.2, -0.15) is 0 Å². The van der Waals surface area contributed by atoms with Crippen LogP contribution in [0.5, 0.6) is 0 Å². The molecule has 0 aliphatic heterocycles. The minimum Gasteiger partial charge on any atom is -0.361 e. The standard InChI is InChI=1S/C14H18IN3O4Si/c1-23(2,3)7-6-22-9-17-8-16-11-5-4-10(15)13(18(20)21)12(11)14(17)19/h4-5,8H,6-7,9H2,1-3H3. The molecular weight excluding hydrogens is 429 g/mol. The van der Waals surface area contributed by atoms with E-state index < -0.39 is 18.6 Å². The van der Waals surface area contributed by atoms with Crippen molar-refractivity contribution in [3.05, 3.63) is 42.5 Å². The van der Waals surface area contributed by atoms with Crippen LogP contribution in [0.1, 0.15) is 0 Å². The summed E-state index contributed by atoms with van der Waals surface area (Å²) in [6, 6.07) is 4.19. The number of nitro benzene ring substituents is 1. The van der Waals surface area contributed by atoms with E-state index in [-0.39, 0.29) is 17.8 Å². The average molecular weight is 447 g/mol. The molecule has 0 saturated heterocycles. The van der Waals surface area contributed by atoms with Crippen molar-refractivity contribution in [1.82, 2.24) is 9.55 Å². The van der Waals surface area contributed by atoms with Gasteiger partial charge in [0.2, 0.25) is 0 Å². The second kappa shape index (κ2) is 7.05. The molecule has 9 heteroatoms. The number of hydrogen-bond donors (Lipinski definition) is 0. The van der Waals surface area contributed by atoms with Crippen LogP contribution in [-0.2, 0) is 11.5 Å². The van der Waals surface area contributed by atoms with Gasteiger partial charge in [-0.3, -0.25) is 19.5 Å². The van der Waals surface area contributed by atoms with Crippen LogP contribution >= 0.6 is 22.6 Å². The van der Waals surface area contributed by atoms with Gasteiger partial charge >= 0.3 is 0 Å². The van der Waals surface area contributed by atoms with Crippen molar-refractivity contribution >= 4 is 47.3 Å². The second-order valence-electron chi connectivity index (χ2n) is 6.41. The Morgan fingerprint density at radius 1 is 1.39 bits per heavy atom. The largest absolute Gasteiger partial charge is 0.361 e. The lowest BCUT2D eigenvalue weighted by Crippen LogP contribution is -2.25. The van der Waals surface area contributed by atoms with E-state index in [1.165, 1.54) is 10.9 Å². The van der Waals surface area contributed by atoms with E-state index in [4.69, 9.17) is 4.74 Å². The number of fused-ring (bicyclic) bond motifs is 1. The predicted molar refractivity (Wildman–Crippen MR) is 99.5 cm³/mol. The molecule has 0 atom stereocenters. The molecule has 7 nitrogen and oxygen atoms in total. The van der Waals surface area contributed by atoms with E-state index in [9.17, 15) is 14.9 Å². The predicted octanol–water partition coefficient (Wildman–Crippen LogP) is 3.22. The molecule has 0 bridgehead atoms. The summed E-state index contributed by atoms with van der Waals surface area (Å²) < 4.78 is 7.23. The Bertz CT molecular complexity index is 801. The Morgan fingerprint density at radius 2 is 2.09 bits per heavy atom. The number of benzene rings is 1. The van der Waals surface area contributed by atoms with Crippen LogP contribution in [0, 0.1) is 13.7 Å². The van der Waals surface area contributed by atoms with Crippen LogP contribution in [0.15, 0.2) is 23.3 Å². The van der Waals surface area contributed by atoms with E-state index >= 15 is 0 Å². The Kier molecular flexibility index (Phi) is 5.52. The Hall–Kier alpha value is -1.33. The summed E-state index contributed by atoms with van der Waals surface area (Å²) in [5.41, 5.74) is -0.328. The molecule has 2 rings (SSSR count). The first-order valence-corrected chi connectivity index (χ1v) is 11.9. The first kappa shape index (κ1) is 18.0. The molecule has 0 aliphatic rings. The molecule has 0 radical (unpaired) electrons. The number of halogens is 1. The molecule has 0 N–H and O–H groups in total. The zero-order chi connectivity index (χ0) is 17.2. The average Bonchev–Trinajstić information content (AvgIpc) is 2.44. The van der Waals surface area contributed by atoms with E-state index in [0.717, 1.165) is 6.04 Å². The highest BCUT2D eigenvalue weighted by Crippen LogP contribution is 2.27. The van der Waals surface area contributed by atoms with Gasteiger partial charge in [0, 0.05) is 14.7 Å². The zero-order valence-corrected chi connectivity index (χ0v) is 16.4. The van der Waals surface area contributed by atoms with E-state index in [1.807, 2.05) is 22.6 Å². The number of rotatable bonds is 6. The smallest absolute Gasteiger partial charge is 0.297 e. The monoisotopic (exact) mass is 447 g/mol. The molecule has 124 valence electrons. The number of nitrogens with zero attached hydrogens (tertiary/aromatic N) is 3. The van der Waals surface area contributed by atoms with Gasteiger partial charge in [0.15, 0.2) is 0 Å². The fourth-order valence-electron chi connectivity index (χ4n) is 2.01. The highest BCUT2D eigenvalue weighted by atomic mass is 127. The van der Waals surface area contributed by atoms with Gasteiger partial charge in [-0.25, -0.2) is 4.98 Å². The Labute approximate surface area is 148 Å². The van der Waals surface area contributed by atoms with Gasteiger partial charge in [-0.1, -0.05) is 19.6 Å². The summed E-state index contributed by atoms with van der Waals surface area (Å²) in [6.07, 6.45) is 1.37. The Balaban J connectivity index is 2.33. The Morgan fingerprint density at radius 3 is 2.70 bits per heavy atom. The maximum Gasteiger partial charge on any atom is 0.297 e. The van der Waals surface area contributed by atoms with Crippen molar-refractivity contribution in [2.75, 3.05) is 6.61 Å². The van der Waals surface area contributed by atoms with Gasteiger partial charge in [0.25, 0.3) is 11.2 Å². The van der Waals surface area contributed by atoms with Gasteiger partial charge in [0.1, 0.15) is 18.4 Å². The van der Waals surface area contributed by atoms with Crippen molar-refractivity contribution in [3.63, 3.8) is 0 Å². The summed E-state index contributed by atoms with van der Waals surface area (Å²) in [5, 5.41) is 11.3. The fourth-order valence-corrected chi connectivity index (χ4v) is 3.42. The first-order valence-electron chi connectivity index (χ1n) is 7.10. The highest BCUT2D eigenvalue weighted by molar-refractivity contribution is 14.1. The van der Waals surface area contributed by atoms with Crippen LogP contribution in [0.4, 0.5) is 5.69 Å². The van der Waals surface area contributed by atoms with Gasteiger partial charge in [-0.05, 0) is 40.8 Å². The van der Waals surface area contributed by atoms with Crippen LogP contribution in [-0.4, -0.2) is 29.2 Å². The molecule has 1 heterocycles. The quantitative estimate of drug-likeness (QED) is 0.223. The normalized spacial score (nSPS) is 11.8. The van der Waals surface area contributed by atoms with Crippen molar-refractivity contribution in [2.24, 2.45) is 0 Å². The van der Waals surface area contributed by atoms with Gasteiger partial charge in [0.05, 0.1) is 14.0 Å². The minimum atomic E-state index is -1.20. The van der Waals surface area contributed by atoms with E-state index in [1.54, 1.807) is 12.1 Å². The summed E-state index contributed by atoms with van der Waals surface area (Å²) in [7, 11) is -1.20. The zero-order valence-electron chi connectivity index (χ0n) is 13.2. The molecule has 0 unspecified atom stereocenters. The molecule has 1 aromatic heterocycles. The third-order valence-electron chi connectivity index (χ3n) is 3.33. The molecule has 0 saturated carbocycles. The molecule has 23 heavy (non-hydrogen) atoms. The van der Waals surface area contributed by atoms with Crippen molar-refractivity contribution in [2.45, 2.75) is 32.4 Å². The lowest BCUT2D eigenvalue weighted by molar-refractivity contribution is -0.384. The highest BCUT2D eigenvalue weighted by Gasteiger charge is 2.21. The van der Waals surface area contributed by atoms with Gasteiger partial charge in [-0.15, -0.1) is 0 Å². The summed E-state index contributed by atoms with van der Waals surface area (Å²) >= 11 is 1.85. The SMILES string of the molecule is C[Si](C)(C)CCOCn1cnc2ccc(I)c([N+](=O)[O-])c2c1=O. The summed E-state index contributed by atoms with van der Waals surface area (Å²) in [5.74, 6) is 0.